The first-order chi connectivity index (χ1) is 14.7. The molecule has 2 aromatic heterocycles. The Morgan fingerprint density at radius 3 is 2.37 bits per heavy atom. The minimum absolute atomic E-state index is 0.827. The molecule has 0 fully saturated rings. The molecule has 4 heteroatoms. The summed E-state index contributed by atoms with van der Waals surface area (Å²) in [5.41, 5.74) is 7.59. The molecule has 5 aromatic rings. The van der Waals surface area contributed by atoms with Crippen LogP contribution in [0, 0.1) is 6.92 Å². The van der Waals surface area contributed by atoms with E-state index in [1.165, 1.54) is 11.1 Å². The summed E-state index contributed by atoms with van der Waals surface area (Å²) in [6.45, 7) is 4.28. The van der Waals surface area contributed by atoms with Gasteiger partial charge in [-0.2, -0.15) is 5.10 Å². The highest BCUT2D eigenvalue weighted by Gasteiger charge is 2.17. The van der Waals surface area contributed by atoms with Crippen LogP contribution in [-0.2, 0) is 6.42 Å². The summed E-state index contributed by atoms with van der Waals surface area (Å²) in [5, 5.41) is 7.21. The molecular formula is C26H23N3O. The van der Waals surface area contributed by atoms with Crippen molar-refractivity contribution in [2.45, 2.75) is 20.3 Å². The van der Waals surface area contributed by atoms with Gasteiger partial charge in [0, 0.05) is 22.5 Å². The molecule has 0 aliphatic rings. The molecule has 0 amide bonds. The Kier molecular flexibility index (Phi) is 4.47. The van der Waals surface area contributed by atoms with E-state index >= 15 is 0 Å². The van der Waals surface area contributed by atoms with E-state index < -0.39 is 0 Å². The Bertz CT molecular complexity index is 1350. The summed E-state index contributed by atoms with van der Waals surface area (Å²) in [4.78, 5) is 4.73. The number of pyridine rings is 1. The van der Waals surface area contributed by atoms with Crippen LogP contribution in [0.2, 0.25) is 0 Å². The van der Waals surface area contributed by atoms with Crippen molar-refractivity contribution < 1.29 is 4.74 Å². The number of aromatic nitrogens is 3. The second-order valence-corrected chi connectivity index (χ2v) is 7.55. The van der Waals surface area contributed by atoms with Gasteiger partial charge in [-0.25, -0.2) is 4.68 Å². The average Bonchev–Trinajstić information content (AvgIpc) is 3.19. The molecule has 148 valence electrons. The summed E-state index contributed by atoms with van der Waals surface area (Å²) < 4.78 is 7.36. The Labute approximate surface area is 175 Å². The number of aryl methyl sites for hydroxylation is 2. The first-order valence-corrected chi connectivity index (χ1v) is 10.2. The maximum absolute atomic E-state index is 5.34. The zero-order chi connectivity index (χ0) is 20.7. The van der Waals surface area contributed by atoms with Crippen LogP contribution < -0.4 is 4.74 Å². The van der Waals surface area contributed by atoms with Crippen molar-refractivity contribution in [2.24, 2.45) is 0 Å². The Hall–Kier alpha value is -3.66. The number of benzene rings is 3. The highest BCUT2D eigenvalue weighted by molar-refractivity contribution is 6.08. The van der Waals surface area contributed by atoms with Crippen LogP contribution in [0.3, 0.4) is 0 Å². The van der Waals surface area contributed by atoms with Gasteiger partial charge in [0.15, 0.2) is 0 Å². The second kappa shape index (κ2) is 7.30. The highest BCUT2D eigenvalue weighted by atomic mass is 16.5. The summed E-state index contributed by atoms with van der Waals surface area (Å²) in [6.07, 6.45) is 2.97. The van der Waals surface area contributed by atoms with Crippen molar-refractivity contribution in [1.29, 1.82) is 0 Å². The van der Waals surface area contributed by atoms with Crippen molar-refractivity contribution in [3.8, 4) is 22.7 Å². The summed E-state index contributed by atoms with van der Waals surface area (Å²) >= 11 is 0. The molecule has 0 aliphatic carbocycles. The second-order valence-electron chi connectivity index (χ2n) is 7.55. The maximum atomic E-state index is 5.34. The van der Waals surface area contributed by atoms with E-state index in [9.17, 15) is 0 Å². The van der Waals surface area contributed by atoms with E-state index in [2.05, 4.69) is 56.3 Å². The third-order valence-electron chi connectivity index (χ3n) is 5.61. The average molecular weight is 393 g/mol. The number of hydrogen-bond acceptors (Lipinski definition) is 3. The van der Waals surface area contributed by atoms with Gasteiger partial charge in [-0.05, 0) is 55.3 Å². The fourth-order valence-corrected chi connectivity index (χ4v) is 3.92. The third kappa shape index (κ3) is 3.01. The van der Waals surface area contributed by atoms with Gasteiger partial charge >= 0.3 is 0 Å². The lowest BCUT2D eigenvalue weighted by atomic mass is 10.0. The molecule has 0 saturated carbocycles. The zero-order valence-corrected chi connectivity index (χ0v) is 17.4. The van der Waals surface area contributed by atoms with Crippen molar-refractivity contribution in [2.75, 3.05) is 7.11 Å². The van der Waals surface area contributed by atoms with Gasteiger partial charge in [-0.3, -0.25) is 4.98 Å². The molecule has 0 bridgehead atoms. The molecule has 0 saturated heterocycles. The number of hydrogen-bond donors (Lipinski definition) is 0. The minimum atomic E-state index is 0.827. The molecule has 5 rings (SSSR count). The van der Waals surface area contributed by atoms with Crippen LogP contribution in [0.4, 0.5) is 0 Å². The zero-order valence-electron chi connectivity index (χ0n) is 17.4. The normalized spacial score (nSPS) is 11.3. The molecule has 0 radical (unpaired) electrons. The summed E-state index contributed by atoms with van der Waals surface area (Å²) in [6, 6.07) is 23.0. The topological polar surface area (TPSA) is 39.9 Å². The van der Waals surface area contributed by atoms with E-state index in [0.29, 0.717) is 0 Å². The van der Waals surface area contributed by atoms with Gasteiger partial charge in [-0.1, -0.05) is 42.8 Å². The third-order valence-corrected chi connectivity index (χ3v) is 5.61. The first kappa shape index (κ1) is 18.4. The van der Waals surface area contributed by atoms with Gasteiger partial charge in [0.2, 0.25) is 0 Å². The fourth-order valence-electron chi connectivity index (χ4n) is 3.92. The van der Waals surface area contributed by atoms with E-state index in [-0.39, 0.29) is 0 Å². The van der Waals surface area contributed by atoms with Gasteiger partial charge in [0.25, 0.3) is 0 Å². The Balaban J connectivity index is 1.83. The lowest BCUT2D eigenvalue weighted by molar-refractivity contribution is 0.414. The van der Waals surface area contributed by atoms with Crippen molar-refractivity contribution >= 4 is 21.8 Å². The number of rotatable bonds is 4. The Morgan fingerprint density at radius 1 is 0.900 bits per heavy atom. The quantitative estimate of drug-likeness (QED) is 0.369. The minimum Gasteiger partial charge on any atom is -0.497 e. The number of ether oxygens (including phenoxy) is 1. The molecule has 0 N–H and O–H groups in total. The van der Waals surface area contributed by atoms with Crippen molar-refractivity contribution in [3.63, 3.8) is 0 Å². The predicted molar refractivity (Wildman–Crippen MR) is 122 cm³/mol. The molecule has 0 atom stereocenters. The first-order valence-electron chi connectivity index (χ1n) is 10.2. The van der Waals surface area contributed by atoms with Crippen molar-refractivity contribution in [3.05, 3.63) is 84.1 Å². The largest absolute Gasteiger partial charge is 0.497 e. The smallest absolute Gasteiger partial charge is 0.119 e. The van der Waals surface area contributed by atoms with E-state index in [1.54, 1.807) is 7.11 Å². The number of fused-ring (bicyclic) bond motifs is 3. The summed E-state index contributed by atoms with van der Waals surface area (Å²) in [7, 11) is 1.68. The van der Waals surface area contributed by atoms with Crippen LogP contribution in [-0.4, -0.2) is 21.9 Å². The van der Waals surface area contributed by atoms with Gasteiger partial charge in [0.05, 0.1) is 23.8 Å². The molecule has 3 aromatic carbocycles. The SMILES string of the molecule is CCc1ccc(-c2nn(-c3ccc(OC)cc3)c3c2cnc2ccc(C)cc23)cc1. The molecular weight excluding hydrogens is 370 g/mol. The highest BCUT2D eigenvalue weighted by Crippen LogP contribution is 2.34. The van der Waals surface area contributed by atoms with E-state index in [0.717, 1.165) is 50.9 Å². The molecule has 4 nitrogen and oxygen atoms in total. The standard InChI is InChI=1S/C26H23N3O/c1-4-18-6-8-19(9-7-18)25-23-16-27-24-14-5-17(2)15-22(24)26(23)29(28-25)20-10-12-21(30-3)13-11-20/h5-16H,4H2,1-3H3. The predicted octanol–water partition coefficient (Wildman–Crippen LogP) is 6.12. The van der Waals surface area contributed by atoms with Crippen LogP contribution >= 0.6 is 0 Å². The van der Waals surface area contributed by atoms with E-state index in [1.807, 2.05) is 35.1 Å². The van der Waals surface area contributed by atoms with Gasteiger partial charge < -0.3 is 4.74 Å². The monoisotopic (exact) mass is 393 g/mol. The Morgan fingerprint density at radius 2 is 1.67 bits per heavy atom. The van der Waals surface area contributed by atoms with Gasteiger partial charge in [-0.15, -0.1) is 0 Å². The molecule has 0 unspecified atom stereocenters. The lowest BCUT2D eigenvalue weighted by Crippen LogP contribution is -1.97. The fraction of sp³-hybridized carbons (Fsp3) is 0.154. The van der Waals surface area contributed by atoms with Crippen LogP contribution in [0.1, 0.15) is 18.1 Å². The number of methoxy groups -OCH3 is 1. The molecule has 2 heterocycles. The van der Waals surface area contributed by atoms with Crippen LogP contribution in [0.5, 0.6) is 5.75 Å². The lowest BCUT2D eigenvalue weighted by Gasteiger charge is -2.07. The summed E-state index contributed by atoms with van der Waals surface area (Å²) in [5.74, 6) is 0.827. The van der Waals surface area contributed by atoms with Gasteiger partial charge in [0.1, 0.15) is 11.4 Å². The van der Waals surface area contributed by atoms with Crippen LogP contribution in [0.15, 0.2) is 72.9 Å². The van der Waals surface area contributed by atoms with Crippen LogP contribution in [0.25, 0.3) is 38.8 Å². The molecule has 0 spiro atoms. The van der Waals surface area contributed by atoms with E-state index in [4.69, 9.17) is 14.8 Å². The maximum Gasteiger partial charge on any atom is 0.119 e. The molecule has 0 aliphatic heterocycles. The van der Waals surface area contributed by atoms with Crippen molar-refractivity contribution in [1.82, 2.24) is 14.8 Å². The number of nitrogens with zero attached hydrogens (tertiary/aromatic N) is 3. The molecule has 30 heavy (non-hydrogen) atoms.